The summed E-state index contributed by atoms with van der Waals surface area (Å²) < 4.78 is 5.37. The molecule has 0 unspecified atom stereocenters. The molecule has 2 aromatic carbocycles. The Kier molecular flexibility index (Phi) is 6.47. The molecular formula is C24H33N3O2+2. The van der Waals surface area contributed by atoms with E-state index in [4.69, 9.17) is 4.74 Å². The molecule has 2 N–H and O–H groups in total. The molecule has 0 atom stereocenters. The van der Waals surface area contributed by atoms with Crippen LogP contribution in [0.15, 0.2) is 54.6 Å². The van der Waals surface area contributed by atoms with Crippen LogP contribution in [-0.2, 0) is 6.54 Å². The second-order valence-electron chi connectivity index (χ2n) is 8.34. The van der Waals surface area contributed by atoms with Gasteiger partial charge in [0.15, 0.2) is 0 Å². The molecule has 29 heavy (non-hydrogen) atoms. The number of hydrogen-bond donors (Lipinski definition) is 2. The van der Waals surface area contributed by atoms with Gasteiger partial charge in [0.2, 0.25) is 0 Å². The van der Waals surface area contributed by atoms with Crippen LogP contribution in [0.2, 0.25) is 0 Å². The average molecular weight is 396 g/mol. The second kappa shape index (κ2) is 9.42. The van der Waals surface area contributed by atoms with Gasteiger partial charge in [0.1, 0.15) is 12.3 Å². The fourth-order valence-electron chi connectivity index (χ4n) is 4.89. The van der Waals surface area contributed by atoms with Crippen LogP contribution < -0.4 is 14.5 Å². The summed E-state index contributed by atoms with van der Waals surface area (Å²) in [6.45, 7) is 7.44. The Morgan fingerprint density at radius 2 is 1.62 bits per heavy atom. The highest BCUT2D eigenvalue weighted by atomic mass is 16.5. The molecule has 2 aromatic rings. The number of piperazine rings is 1. The van der Waals surface area contributed by atoms with E-state index in [1.165, 1.54) is 31.5 Å². The summed E-state index contributed by atoms with van der Waals surface area (Å²) in [7, 11) is 1.63. The van der Waals surface area contributed by atoms with Crippen molar-refractivity contribution in [2.45, 2.75) is 25.4 Å². The number of nitrogens with zero attached hydrogens (tertiary/aromatic N) is 1. The third-order valence-corrected chi connectivity index (χ3v) is 6.60. The molecule has 2 saturated heterocycles. The zero-order valence-corrected chi connectivity index (χ0v) is 17.4. The number of nitrogens with one attached hydrogen (secondary N) is 2. The molecule has 5 heteroatoms. The molecule has 2 fully saturated rings. The first-order chi connectivity index (χ1) is 14.2. The van der Waals surface area contributed by atoms with Gasteiger partial charge < -0.3 is 19.4 Å². The first-order valence-electron chi connectivity index (χ1n) is 10.9. The number of piperidine rings is 1. The molecule has 2 aliphatic rings. The van der Waals surface area contributed by atoms with E-state index in [0.29, 0.717) is 11.3 Å². The SMILES string of the molecule is COc1ccccc1C(=O)N1CC[NH+](C2CC[NH+](Cc3ccccc3)CC2)CC1. The molecule has 0 saturated carbocycles. The summed E-state index contributed by atoms with van der Waals surface area (Å²) in [5.74, 6) is 0.768. The number of benzene rings is 2. The first-order valence-corrected chi connectivity index (χ1v) is 10.9. The van der Waals surface area contributed by atoms with Gasteiger partial charge in [0.25, 0.3) is 5.91 Å². The molecule has 0 aliphatic carbocycles. The van der Waals surface area contributed by atoms with Crippen LogP contribution in [0.3, 0.4) is 0 Å². The number of carbonyl (C=O) groups is 1. The minimum atomic E-state index is 0.101. The van der Waals surface area contributed by atoms with Gasteiger partial charge in [-0.2, -0.15) is 0 Å². The van der Waals surface area contributed by atoms with Crippen LogP contribution in [-0.4, -0.2) is 63.2 Å². The average Bonchev–Trinajstić information content (AvgIpc) is 2.80. The quantitative estimate of drug-likeness (QED) is 0.764. The molecule has 2 aliphatic heterocycles. The highest BCUT2D eigenvalue weighted by Gasteiger charge is 2.33. The molecule has 154 valence electrons. The molecule has 0 radical (unpaired) electrons. The first kappa shape index (κ1) is 19.9. The maximum Gasteiger partial charge on any atom is 0.258 e. The normalized spacial score (nSPS) is 23.0. The fourth-order valence-corrected chi connectivity index (χ4v) is 4.89. The lowest BCUT2D eigenvalue weighted by molar-refractivity contribution is -0.965. The number of methoxy groups -OCH3 is 1. The van der Waals surface area contributed by atoms with Gasteiger partial charge >= 0.3 is 0 Å². The van der Waals surface area contributed by atoms with Gasteiger partial charge in [-0.25, -0.2) is 0 Å². The van der Waals surface area contributed by atoms with Crippen molar-refractivity contribution < 1.29 is 19.3 Å². The van der Waals surface area contributed by atoms with Gasteiger partial charge in [-0.3, -0.25) is 4.79 Å². The van der Waals surface area contributed by atoms with Crippen molar-refractivity contribution in [3.63, 3.8) is 0 Å². The fraction of sp³-hybridized carbons (Fsp3) is 0.458. The van der Waals surface area contributed by atoms with Crippen molar-refractivity contribution in [2.75, 3.05) is 46.4 Å². The Bertz CT molecular complexity index is 795. The third kappa shape index (κ3) is 4.80. The highest BCUT2D eigenvalue weighted by Crippen LogP contribution is 2.19. The number of rotatable bonds is 5. The lowest BCUT2D eigenvalue weighted by Crippen LogP contribution is -3.21. The van der Waals surface area contributed by atoms with E-state index in [9.17, 15) is 4.79 Å². The number of ether oxygens (including phenoxy) is 1. The van der Waals surface area contributed by atoms with Crippen LogP contribution in [0.5, 0.6) is 5.75 Å². The summed E-state index contributed by atoms with van der Waals surface area (Å²) in [5.41, 5.74) is 2.12. The molecule has 2 heterocycles. The number of para-hydroxylation sites is 1. The molecule has 1 amide bonds. The Hall–Kier alpha value is -2.37. The van der Waals surface area contributed by atoms with Gasteiger partial charge in [0, 0.05) is 18.4 Å². The lowest BCUT2D eigenvalue weighted by atomic mass is 10.0. The molecule has 0 aromatic heterocycles. The van der Waals surface area contributed by atoms with Gasteiger partial charge in [-0.1, -0.05) is 42.5 Å². The Morgan fingerprint density at radius 3 is 2.31 bits per heavy atom. The zero-order valence-electron chi connectivity index (χ0n) is 17.4. The number of amides is 1. The highest BCUT2D eigenvalue weighted by molar-refractivity contribution is 5.97. The summed E-state index contributed by atoms with van der Waals surface area (Å²) >= 11 is 0. The predicted molar refractivity (Wildman–Crippen MR) is 113 cm³/mol. The standard InChI is InChI=1S/C24H31N3O2/c1-29-23-10-6-5-9-22(23)24(28)27-17-15-26(16-18-27)21-11-13-25(14-12-21)19-20-7-3-2-4-8-20/h2-10,21H,11-19H2,1H3/p+2. The molecular weight excluding hydrogens is 362 g/mol. The van der Waals surface area contributed by atoms with Crippen LogP contribution in [0, 0.1) is 0 Å². The van der Waals surface area contributed by atoms with Gasteiger partial charge in [-0.05, 0) is 12.1 Å². The smallest absolute Gasteiger partial charge is 0.258 e. The summed E-state index contributed by atoms with van der Waals surface area (Å²) in [4.78, 5) is 18.3. The summed E-state index contributed by atoms with van der Waals surface area (Å²) in [6, 6.07) is 19.1. The van der Waals surface area contributed by atoms with E-state index in [-0.39, 0.29) is 5.91 Å². The van der Waals surface area contributed by atoms with Gasteiger partial charge in [-0.15, -0.1) is 0 Å². The monoisotopic (exact) mass is 395 g/mol. The van der Waals surface area contributed by atoms with E-state index >= 15 is 0 Å². The molecule has 5 nitrogen and oxygen atoms in total. The van der Waals surface area contributed by atoms with Crippen molar-refractivity contribution in [1.82, 2.24) is 4.90 Å². The van der Waals surface area contributed by atoms with E-state index in [1.54, 1.807) is 16.9 Å². The van der Waals surface area contributed by atoms with Crippen molar-refractivity contribution >= 4 is 5.91 Å². The Labute approximate surface area is 173 Å². The van der Waals surface area contributed by atoms with Crippen molar-refractivity contribution in [2.24, 2.45) is 0 Å². The Balaban J connectivity index is 1.25. The minimum Gasteiger partial charge on any atom is -0.496 e. The van der Waals surface area contributed by atoms with Crippen LogP contribution >= 0.6 is 0 Å². The van der Waals surface area contributed by atoms with Gasteiger partial charge in [0.05, 0.1) is 58.0 Å². The largest absolute Gasteiger partial charge is 0.496 e. The van der Waals surface area contributed by atoms with Crippen LogP contribution in [0.25, 0.3) is 0 Å². The number of quaternary nitrogens is 2. The topological polar surface area (TPSA) is 38.4 Å². The predicted octanol–water partition coefficient (Wildman–Crippen LogP) is 0.283. The number of hydrogen-bond acceptors (Lipinski definition) is 2. The maximum atomic E-state index is 12.9. The van der Waals surface area contributed by atoms with E-state index in [0.717, 1.165) is 38.8 Å². The van der Waals surface area contributed by atoms with Crippen molar-refractivity contribution in [3.8, 4) is 5.75 Å². The Morgan fingerprint density at radius 1 is 0.966 bits per heavy atom. The van der Waals surface area contributed by atoms with E-state index < -0.39 is 0 Å². The molecule has 0 bridgehead atoms. The van der Waals surface area contributed by atoms with Crippen LogP contribution in [0.4, 0.5) is 0 Å². The maximum absolute atomic E-state index is 12.9. The van der Waals surface area contributed by atoms with Crippen molar-refractivity contribution in [1.29, 1.82) is 0 Å². The number of likely N-dealkylation sites (tertiary alicyclic amines) is 1. The third-order valence-electron chi connectivity index (χ3n) is 6.60. The number of carbonyl (C=O) groups excluding carboxylic acids is 1. The van der Waals surface area contributed by atoms with E-state index in [1.807, 2.05) is 29.2 Å². The minimum absolute atomic E-state index is 0.101. The zero-order chi connectivity index (χ0) is 20.1. The summed E-state index contributed by atoms with van der Waals surface area (Å²) in [5, 5.41) is 0. The molecule has 0 spiro atoms. The second-order valence-corrected chi connectivity index (χ2v) is 8.34. The van der Waals surface area contributed by atoms with Crippen LogP contribution in [0.1, 0.15) is 28.8 Å². The van der Waals surface area contributed by atoms with Crippen molar-refractivity contribution in [3.05, 3.63) is 65.7 Å². The summed E-state index contributed by atoms with van der Waals surface area (Å²) in [6.07, 6.45) is 2.58. The van der Waals surface area contributed by atoms with E-state index in [2.05, 4.69) is 30.3 Å². The molecule has 4 rings (SSSR count). The lowest BCUT2D eigenvalue weighted by Gasteiger charge is -2.39.